The molecule has 0 bridgehead atoms. The molecule has 112 valence electrons. The van der Waals surface area contributed by atoms with Gasteiger partial charge in [-0.05, 0) is 37.8 Å². The summed E-state index contributed by atoms with van der Waals surface area (Å²) >= 11 is 0. The van der Waals surface area contributed by atoms with E-state index in [1.807, 2.05) is 0 Å². The van der Waals surface area contributed by atoms with Crippen LogP contribution in [-0.4, -0.2) is 40.2 Å². The van der Waals surface area contributed by atoms with Crippen molar-refractivity contribution in [2.45, 2.75) is 44.6 Å². The van der Waals surface area contributed by atoms with Gasteiger partial charge in [-0.25, -0.2) is 0 Å². The molecule has 0 N–H and O–H groups in total. The van der Waals surface area contributed by atoms with Gasteiger partial charge in [-0.3, -0.25) is 4.21 Å². The quantitative estimate of drug-likeness (QED) is 0.801. The van der Waals surface area contributed by atoms with Crippen molar-refractivity contribution in [3.05, 3.63) is 35.9 Å². The zero-order chi connectivity index (χ0) is 14.4. The van der Waals surface area contributed by atoms with Crippen LogP contribution in [-0.2, 0) is 10.8 Å². The second kappa shape index (κ2) is 7.94. The van der Waals surface area contributed by atoms with Crippen LogP contribution in [0.1, 0.15) is 44.1 Å². The standard InChI is InChI=1S/C17H27NOS/c1-3-7-16(15-8-5-4-6-9-15)14-18(2)17-10-12-20(19)13-11-17/h4-6,8-9,16-17H,3,7,10-14H2,1-2H3. The lowest BCUT2D eigenvalue weighted by atomic mass is 9.93. The summed E-state index contributed by atoms with van der Waals surface area (Å²) in [6.07, 6.45) is 4.66. The maximum atomic E-state index is 11.5. The Balaban J connectivity index is 1.95. The lowest BCUT2D eigenvalue weighted by Crippen LogP contribution is -2.39. The molecule has 0 amide bonds. The van der Waals surface area contributed by atoms with Crippen LogP contribution in [0.15, 0.2) is 30.3 Å². The number of rotatable bonds is 6. The first-order valence-corrected chi connectivity index (χ1v) is 9.29. The van der Waals surface area contributed by atoms with Gasteiger partial charge in [0, 0.05) is 34.9 Å². The summed E-state index contributed by atoms with van der Waals surface area (Å²) < 4.78 is 11.5. The van der Waals surface area contributed by atoms with Gasteiger partial charge in [-0.15, -0.1) is 0 Å². The zero-order valence-electron chi connectivity index (χ0n) is 12.8. The van der Waals surface area contributed by atoms with Crippen molar-refractivity contribution in [2.75, 3.05) is 25.1 Å². The fourth-order valence-electron chi connectivity index (χ4n) is 3.16. The van der Waals surface area contributed by atoms with Gasteiger partial charge in [0.25, 0.3) is 0 Å². The highest BCUT2D eigenvalue weighted by Crippen LogP contribution is 2.24. The normalized spacial score (nSPS) is 24.8. The molecule has 1 aromatic carbocycles. The molecular weight excluding hydrogens is 266 g/mol. The Morgan fingerprint density at radius 3 is 2.50 bits per heavy atom. The van der Waals surface area contributed by atoms with Gasteiger partial charge in [-0.1, -0.05) is 43.7 Å². The minimum absolute atomic E-state index is 0.556. The maximum absolute atomic E-state index is 11.5. The van der Waals surface area contributed by atoms with Crippen LogP contribution >= 0.6 is 0 Å². The third-order valence-electron chi connectivity index (χ3n) is 4.40. The molecule has 1 atom stereocenters. The third kappa shape index (κ3) is 4.42. The Hall–Kier alpha value is -0.670. The predicted octanol–water partition coefficient (Wildman–Crippen LogP) is 3.41. The Morgan fingerprint density at radius 1 is 1.25 bits per heavy atom. The van der Waals surface area contributed by atoms with Crippen LogP contribution in [0.4, 0.5) is 0 Å². The number of benzene rings is 1. The molecule has 2 nitrogen and oxygen atoms in total. The highest BCUT2D eigenvalue weighted by molar-refractivity contribution is 7.85. The van der Waals surface area contributed by atoms with Gasteiger partial charge in [-0.2, -0.15) is 0 Å². The molecule has 0 radical (unpaired) electrons. The Morgan fingerprint density at radius 2 is 1.90 bits per heavy atom. The van der Waals surface area contributed by atoms with Crippen molar-refractivity contribution >= 4 is 10.8 Å². The molecule has 1 unspecified atom stereocenters. The second-order valence-electron chi connectivity index (χ2n) is 5.92. The largest absolute Gasteiger partial charge is 0.303 e. The van der Waals surface area contributed by atoms with Gasteiger partial charge >= 0.3 is 0 Å². The second-order valence-corrected chi connectivity index (χ2v) is 7.61. The fraction of sp³-hybridized carbons (Fsp3) is 0.647. The summed E-state index contributed by atoms with van der Waals surface area (Å²) in [6.45, 7) is 3.38. The molecule has 1 aliphatic rings. The monoisotopic (exact) mass is 293 g/mol. The molecule has 1 fully saturated rings. The molecule has 20 heavy (non-hydrogen) atoms. The molecular formula is C17H27NOS. The van der Waals surface area contributed by atoms with Crippen molar-refractivity contribution in [2.24, 2.45) is 0 Å². The van der Waals surface area contributed by atoms with E-state index in [9.17, 15) is 4.21 Å². The molecule has 1 saturated heterocycles. The fourth-order valence-corrected chi connectivity index (χ4v) is 4.43. The van der Waals surface area contributed by atoms with Gasteiger partial charge in [0.15, 0.2) is 0 Å². The van der Waals surface area contributed by atoms with Crippen LogP contribution in [0, 0.1) is 0 Å². The number of nitrogens with zero attached hydrogens (tertiary/aromatic N) is 1. The first-order chi connectivity index (χ1) is 9.70. The summed E-state index contributed by atoms with van der Waals surface area (Å²) in [6, 6.07) is 11.5. The highest BCUT2D eigenvalue weighted by atomic mass is 32.2. The van der Waals surface area contributed by atoms with Crippen molar-refractivity contribution in [3.8, 4) is 0 Å². The van der Waals surface area contributed by atoms with Crippen LogP contribution in [0.2, 0.25) is 0 Å². The van der Waals surface area contributed by atoms with Crippen LogP contribution in [0.25, 0.3) is 0 Å². The molecule has 0 spiro atoms. The van der Waals surface area contributed by atoms with Crippen LogP contribution < -0.4 is 0 Å². The average molecular weight is 293 g/mol. The van der Waals surface area contributed by atoms with E-state index in [1.54, 1.807) is 0 Å². The molecule has 1 heterocycles. The molecule has 1 aliphatic heterocycles. The molecule has 2 rings (SSSR count). The molecule has 1 aromatic rings. The van der Waals surface area contributed by atoms with Crippen LogP contribution in [0.3, 0.4) is 0 Å². The first-order valence-electron chi connectivity index (χ1n) is 7.81. The van der Waals surface area contributed by atoms with E-state index in [1.165, 1.54) is 18.4 Å². The van der Waals surface area contributed by atoms with E-state index in [0.717, 1.165) is 30.9 Å². The number of hydrogen-bond acceptors (Lipinski definition) is 2. The van der Waals surface area contributed by atoms with Gasteiger partial charge in [0.1, 0.15) is 0 Å². The molecule has 0 aliphatic carbocycles. The summed E-state index contributed by atoms with van der Waals surface area (Å²) in [7, 11) is 1.68. The van der Waals surface area contributed by atoms with Gasteiger partial charge in [0.05, 0.1) is 0 Å². The summed E-state index contributed by atoms with van der Waals surface area (Å²) in [5.74, 6) is 2.40. The van der Waals surface area contributed by atoms with Crippen molar-refractivity contribution in [3.63, 3.8) is 0 Å². The Labute approximate surface area is 126 Å². The van der Waals surface area contributed by atoms with E-state index >= 15 is 0 Å². The molecule has 0 saturated carbocycles. The summed E-state index contributed by atoms with van der Waals surface area (Å²) in [5, 5.41) is 0. The van der Waals surface area contributed by atoms with Crippen molar-refractivity contribution in [1.82, 2.24) is 4.90 Å². The topological polar surface area (TPSA) is 20.3 Å². The summed E-state index contributed by atoms with van der Waals surface area (Å²) in [5.41, 5.74) is 1.46. The van der Waals surface area contributed by atoms with E-state index < -0.39 is 10.8 Å². The summed E-state index contributed by atoms with van der Waals surface area (Å²) in [4.78, 5) is 2.50. The van der Waals surface area contributed by atoms with Crippen molar-refractivity contribution in [1.29, 1.82) is 0 Å². The van der Waals surface area contributed by atoms with Crippen molar-refractivity contribution < 1.29 is 4.21 Å². The first kappa shape index (κ1) is 15.7. The highest BCUT2D eigenvalue weighted by Gasteiger charge is 2.23. The van der Waals surface area contributed by atoms with E-state index in [0.29, 0.717) is 12.0 Å². The molecule has 3 heteroatoms. The maximum Gasteiger partial charge on any atom is 0.0249 e. The van der Waals surface area contributed by atoms with Gasteiger partial charge < -0.3 is 4.90 Å². The predicted molar refractivity (Wildman–Crippen MR) is 87.6 cm³/mol. The third-order valence-corrected chi connectivity index (χ3v) is 5.78. The minimum Gasteiger partial charge on any atom is -0.303 e. The smallest absolute Gasteiger partial charge is 0.0249 e. The lowest BCUT2D eigenvalue weighted by molar-refractivity contribution is 0.211. The van der Waals surface area contributed by atoms with E-state index in [2.05, 4.69) is 49.2 Å². The SMILES string of the molecule is CCCC(CN(C)C1CCS(=O)CC1)c1ccccc1. The Kier molecular flexibility index (Phi) is 6.24. The molecule has 0 aromatic heterocycles. The van der Waals surface area contributed by atoms with E-state index in [-0.39, 0.29) is 0 Å². The average Bonchev–Trinajstić information content (AvgIpc) is 2.48. The number of likely N-dealkylation sites (N-methyl/N-ethyl adjacent to an activating group) is 1. The zero-order valence-corrected chi connectivity index (χ0v) is 13.6. The minimum atomic E-state index is -0.556. The Bertz CT molecular complexity index is 410. The number of hydrogen-bond donors (Lipinski definition) is 0. The van der Waals surface area contributed by atoms with Gasteiger partial charge in [0.2, 0.25) is 0 Å². The lowest BCUT2D eigenvalue weighted by Gasteiger charge is -2.33. The van der Waals surface area contributed by atoms with Crippen LogP contribution in [0.5, 0.6) is 0 Å². The van der Waals surface area contributed by atoms with E-state index in [4.69, 9.17) is 0 Å².